The number of halogens is 2. The molecule has 0 bridgehead atoms. The lowest BCUT2D eigenvalue weighted by atomic mass is 10.2. The summed E-state index contributed by atoms with van der Waals surface area (Å²) in [4.78, 5) is 18.7. The minimum absolute atomic E-state index is 0.0870. The summed E-state index contributed by atoms with van der Waals surface area (Å²) in [6.45, 7) is 1.08. The molecule has 168 valence electrons. The number of hydrogen-bond donors (Lipinski definition) is 0. The van der Waals surface area contributed by atoms with Crippen molar-refractivity contribution in [1.82, 2.24) is 19.3 Å². The fourth-order valence-electron chi connectivity index (χ4n) is 3.40. The van der Waals surface area contributed by atoms with E-state index in [1.807, 2.05) is 0 Å². The summed E-state index contributed by atoms with van der Waals surface area (Å²) in [5.74, 6) is 0.713. The van der Waals surface area contributed by atoms with Crippen LogP contribution in [-0.4, -0.2) is 59.8 Å². The molecule has 0 aliphatic carbocycles. The Morgan fingerprint density at radius 3 is 2.41 bits per heavy atom. The first-order valence-corrected chi connectivity index (χ1v) is 12.1. The minimum atomic E-state index is -3.65. The second-order valence-corrected chi connectivity index (χ2v) is 10.1. The van der Waals surface area contributed by atoms with Crippen molar-refractivity contribution in [2.24, 2.45) is 0 Å². The monoisotopic (exact) mass is 494 g/mol. The van der Waals surface area contributed by atoms with Crippen LogP contribution in [0.15, 0.2) is 57.9 Å². The van der Waals surface area contributed by atoms with E-state index >= 15 is 0 Å². The molecule has 32 heavy (non-hydrogen) atoms. The van der Waals surface area contributed by atoms with Gasteiger partial charge in [-0.05, 0) is 42.5 Å². The molecule has 1 aromatic heterocycles. The van der Waals surface area contributed by atoms with Crippen molar-refractivity contribution in [2.75, 3.05) is 26.2 Å². The number of rotatable bonds is 6. The molecule has 0 radical (unpaired) electrons. The fraction of sp³-hybridized carbons (Fsp3) is 0.286. The Bertz CT molecular complexity index is 1210. The fourth-order valence-corrected chi connectivity index (χ4v) is 5.25. The predicted molar refractivity (Wildman–Crippen MR) is 120 cm³/mol. The van der Waals surface area contributed by atoms with Gasteiger partial charge in [0.05, 0.1) is 4.90 Å². The molecule has 1 aliphatic rings. The number of nitrogens with zero attached hydrogens (tertiary/aromatic N) is 4. The molecule has 2 aromatic carbocycles. The van der Waals surface area contributed by atoms with Crippen LogP contribution in [0.4, 0.5) is 0 Å². The molecule has 4 rings (SSSR count). The maximum atomic E-state index is 12.8. The zero-order chi connectivity index (χ0) is 22.7. The van der Waals surface area contributed by atoms with Crippen molar-refractivity contribution in [3.63, 3.8) is 0 Å². The van der Waals surface area contributed by atoms with Gasteiger partial charge in [0.15, 0.2) is 0 Å². The van der Waals surface area contributed by atoms with E-state index in [1.54, 1.807) is 41.3 Å². The Labute approximate surface area is 195 Å². The first kappa shape index (κ1) is 22.7. The predicted octanol–water partition coefficient (Wildman–Crippen LogP) is 3.51. The molecule has 2 heterocycles. The van der Waals surface area contributed by atoms with Crippen LogP contribution in [0.5, 0.6) is 0 Å². The average molecular weight is 495 g/mol. The van der Waals surface area contributed by atoms with Crippen molar-refractivity contribution in [3.05, 3.63) is 64.5 Å². The molecule has 3 aromatic rings. The summed E-state index contributed by atoms with van der Waals surface area (Å²) in [6.07, 6.45) is 0.504. The number of carbonyl (C=O) groups is 1. The van der Waals surface area contributed by atoms with Crippen molar-refractivity contribution in [3.8, 4) is 11.4 Å². The second kappa shape index (κ2) is 9.58. The van der Waals surface area contributed by atoms with Gasteiger partial charge in [-0.15, -0.1) is 0 Å². The van der Waals surface area contributed by atoms with Crippen molar-refractivity contribution in [1.29, 1.82) is 0 Å². The van der Waals surface area contributed by atoms with Gasteiger partial charge >= 0.3 is 0 Å². The van der Waals surface area contributed by atoms with Gasteiger partial charge in [0, 0.05) is 54.6 Å². The molecule has 8 nitrogen and oxygen atoms in total. The first-order chi connectivity index (χ1) is 15.3. The molecule has 1 fully saturated rings. The highest BCUT2D eigenvalue weighted by Gasteiger charge is 2.30. The maximum absolute atomic E-state index is 12.8. The molecule has 0 unspecified atom stereocenters. The van der Waals surface area contributed by atoms with Crippen LogP contribution >= 0.6 is 23.2 Å². The van der Waals surface area contributed by atoms with Crippen molar-refractivity contribution >= 4 is 39.1 Å². The summed E-state index contributed by atoms with van der Waals surface area (Å²) in [6, 6.07) is 13.2. The molecule has 1 aliphatic heterocycles. The Kier molecular flexibility index (Phi) is 6.80. The van der Waals surface area contributed by atoms with E-state index < -0.39 is 10.0 Å². The van der Waals surface area contributed by atoms with Crippen LogP contribution in [0.1, 0.15) is 12.3 Å². The van der Waals surface area contributed by atoms with E-state index in [0.29, 0.717) is 41.3 Å². The lowest BCUT2D eigenvalue weighted by Gasteiger charge is -2.34. The highest BCUT2D eigenvalue weighted by atomic mass is 35.5. The number of sulfonamides is 1. The molecule has 0 spiro atoms. The summed E-state index contributed by atoms with van der Waals surface area (Å²) < 4.78 is 32.2. The van der Waals surface area contributed by atoms with E-state index in [2.05, 4.69) is 10.1 Å². The highest BCUT2D eigenvalue weighted by Crippen LogP contribution is 2.22. The van der Waals surface area contributed by atoms with E-state index in [9.17, 15) is 13.2 Å². The topological polar surface area (TPSA) is 96.6 Å². The van der Waals surface area contributed by atoms with Crippen LogP contribution in [0, 0.1) is 0 Å². The van der Waals surface area contributed by atoms with Gasteiger partial charge < -0.3 is 9.42 Å². The van der Waals surface area contributed by atoms with E-state index in [1.165, 1.54) is 16.4 Å². The van der Waals surface area contributed by atoms with Crippen molar-refractivity contribution in [2.45, 2.75) is 17.7 Å². The summed E-state index contributed by atoms with van der Waals surface area (Å²) in [5.41, 5.74) is 0.771. The SMILES string of the molecule is O=C(CCc1nc(-c2ccc(Cl)cc2)no1)N1CCN(S(=O)(=O)c2cccc(Cl)c2)CC1. The second-order valence-electron chi connectivity index (χ2n) is 7.26. The Morgan fingerprint density at radius 2 is 1.72 bits per heavy atom. The number of aryl methyl sites for hydroxylation is 1. The average Bonchev–Trinajstić information content (AvgIpc) is 3.27. The number of hydrogen-bond acceptors (Lipinski definition) is 6. The quantitative estimate of drug-likeness (QED) is 0.520. The zero-order valence-electron chi connectivity index (χ0n) is 16.9. The summed E-state index contributed by atoms with van der Waals surface area (Å²) in [7, 11) is -3.65. The third-order valence-electron chi connectivity index (χ3n) is 5.15. The molecular formula is C21H20Cl2N4O4S. The van der Waals surface area contributed by atoms with Crippen LogP contribution in [0.25, 0.3) is 11.4 Å². The minimum Gasteiger partial charge on any atom is -0.340 e. The van der Waals surface area contributed by atoms with E-state index in [4.69, 9.17) is 27.7 Å². The van der Waals surface area contributed by atoms with E-state index in [0.717, 1.165) is 5.56 Å². The number of amides is 1. The van der Waals surface area contributed by atoms with Gasteiger partial charge in [0.25, 0.3) is 0 Å². The zero-order valence-corrected chi connectivity index (χ0v) is 19.3. The lowest BCUT2D eigenvalue weighted by molar-refractivity contribution is -0.132. The van der Waals surface area contributed by atoms with Gasteiger partial charge in [0.1, 0.15) is 0 Å². The molecule has 1 saturated heterocycles. The van der Waals surface area contributed by atoms with Gasteiger partial charge in [-0.1, -0.05) is 34.4 Å². The van der Waals surface area contributed by atoms with Crippen LogP contribution in [0.2, 0.25) is 10.0 Å². The van der Waals surface area contributed by atoms with Gasteiger partial charge in [-0.3, -0.25) is 4.79 Å². The van der Waals surface area contributed by atoms with Crippen LogP contribution in [-0.2, 0) is 21.2 Å². The number of benzene rings is 2. The maximum Gasteiger partial charge on any atom is 0.243 e. The van der Waals surface area contributed by atoms with Crippen LogP contribution in [0.3, 0.4) is 0 Å². The Morgan fingerprint density at radius 1 is 1.00 bits per heavy atom. The highest BCUT2D eigenvalue weighted by molar-refractivity contribution is 7.89. The number of aromatic nitrogens is 2. The molecular weight excluding hydrogens is 475 g/mol. The van der Waals surface area contributed by atoms with Gasteiger partial charge in [-0.25, -0.2) is 8.42 Å². The molecule has 0 saturated carbocycles. The third-order valence-corrected chi connectivity index (χ3v) is 7.53. The molecule has 1 amide bonds. The normalized spacial score (nSPS) is 15.1. The lowest BCUT2D eigenvalue weighted by Crippen LogP contribution is -2.50. The molecule has 11 heteroatoms. The standard InChI is InChI=1S/C21H20Cl2N4O4S/c22-16-6-4-15(5-7-16)21-24-19(31-25-21)8-9-20(28)26-10-12-27(13-11-26)32(29,30)18-3-1-2-17(23)14-18/h1-7,14H,8-13H2. The van der Waals surface area contributed by atoms with E-state index in [-0.39, 0.29) is 30.3 Å². The molecule has 0 N–H and O–H groups in total. The van der Waals surface area contributed by atoms with Gasteiger partial charge in [-0.2, -0.15) is 9.29 Å². The largest absolute Gasteiger partial charge is 0.340 e. The molecule has 0 atom stereocenters. The van der Waals surface area contributed by atoms with Crippen LogP contribution < -0.4 is 0 Å². The third kappa shape index (κ3) is 5.12. The Balaban J connectivity index is 1.30. The smallest absolute Gasteiger partial charge is 0.243 e. The van der Waals surface area contributed by atoms with Gasteiger partial charge in [0.2, 0.25) is 27.6 Å². The number of carbonyl (C=O) groups excluding carboxylic acids is 1. The Hall–Kier alpha value is -2.46. The first-order valence-electron chi connectivity index (χ1n) is 9.95. The number of piperazine rings is 1. The summed E-state index contributed by atoms with van der Waals surface area (Å²) >= 11 is 11.8. The summed E-state index contributed by atoms with van der Waals surface area (Å²) in [5, 5.41) is 4.92. The van der Waals surface area contributed by atoms with Crippen molar-refractivity contribution < 1.29 is 17.7 Å².